The summed E-state index contributed by atoms with van der Waals surface area (Å²) in [5.74, 6) is 0. The number of nitrogens with one attached hydrogen (secondary N) is 1. The SMILES string of the molecule is COc1nc(I)cc(C2CNCCO2)n1. The molecule has 1 unspecified atom stereocenters. The van der Waals surface area contributed by atoms with Crippen molar-refractivity contribution in [2.45, 2.75) is 6.10 Å². The van der Waals surface area contributed by atoms with Crippen molar-refractivity contribution < 1.29 is 9.47 Å². The Balaban J connectivity index is 2.22. The van der Waals surface area contributed by atoms with Gasteiger partial charge in [-0.1, -0.05) is 0 Å². The smallest absolute Gasteiger partial charge is 0.317 e. The van der Waals surface area contributed by atoms with Crippen molar-refractivity contribution in [2.75, 3.05) is 26.8 Å². The first-order valence-corrected chi connectivity index (χ1v) is 5.78. The monoisotopic (exact) mass is 321 g/mol. The van der Waals surface area contributed by atoms with Crippen LogP contribution in [0.15, 0.2) is 6.07 Å². The summed E-state index contributed by atoms with van der Waals surface area (Å²) >= 11 is 2.14. The van der Waals surface area contributed by atoms with Crippen LogP contribution in [0.4, 0.5) is 0 Å². The van der Waals surface area contributed by atoms with E-state index in [1.165, 1.54) is 0 Å². The maximum Gasteiger partial charge on any atom is 0.317 e. The highest BCUT2D eigenvalue weighted by Crippen LogP contribution is 2.19. The van der Waals surface area contributed by atoms with Crippen LogP contribution in [0.1, 0.15) is 11.8 Å². The van der Waals surface area contributed by atoms with Gasteiger partial charge in [0.15, 0.2) is 0 Å². The Labute approximate surface area is 102 Å². The summed E-state index contributed by atoms with van der Waals surface area (Å²) in [5, 5.41) is 3.26. The molecule has 0 aromatic carbocycles. The van der Waals surface area contributed by atoms with Crippen LogP contribution < -0.4 is 10.1 Å². The Morgan fingerprint density at radius 1 is 1.60 bits per heavy atom. The molecule has 5 nitrogen and oxygen atoms in total. The standard InChI is InChI=1S/C9H12IN3O2/c1-14-9-12-6(4-8(10)13-9)7-5-11-2-3-15-7/h4,7,11H,2-3,5H2,1H3. The van der Waals surface area contributed by atoms with Crippen LogP contribution in [0.3, 0.4) is 0 Å². The molecule has 0 bridgehead atoms. The number of hydrogen-bond acceptors (Lipinski definition) is 5. The normalized spacial score (nSPS) is 21.3. The summed E-state index contributed by atoms with van der Waals surface area (Å²) < 4.78 is 11.5. The molecule has 0 spiro atoms. The van der Waals surface area contributed by atoms with Crippen LogP contribution in [-0.2, 0) is 4.74 Å². The van der Waals surface area contributed by atoms with Crippen molar-refractivity contribution in [2.24, 2.45) is 0 Å². The maximum atomic E-state index is 5.61. The van der Waals surface area contributed by atoms with Crippen molar-refractivity contribution in [3.63, 3.8) is 0 Å². The molecule has 1 N–H and O–H groups in total. The number of morpholine rings is 1. The van der Waals surface area contributed by atoms with Crippen LogP contribution in [0.25, 0.3) is 0 Å². The van der Waals surface area contributed by atoms with Crippen LogP contribution in [-0.4, -0.2) is 36.8 Å². The van der Waals surface area contributed by atoms with E-state index >= 15 is 0 Å². The van der Waals surface area contributed by atoms with Gasteiger partial charge in [0.25, 0.3) is 0 Å². The average molecular weight is 321 g/mol. The number of halogens is 1. The van der Waals surface area contributed by atoms with E-state index in [2.05, 4.69) is 37.9 Å². The van der Waals surface area contributed by atoms with Gasteiger partial charge in [0, 0.05) is 13.1 Å². The summed E-state index contributed by atoms with van der Waals surface area (Å²) in [6.45, 7) is 2.40. The second-order valence-electron chi connectivity index (χ2n) is 3.17. The number of aromatic nitrogens is 2. The first-order valence-electron chi connectivity index (χ1n) is 4.70. The van der Waals surface area contributed by atoms with E-state index < -0.39 is 0 Å². The van der Waals surface area contributed by atoms with Gasteiger partial charge in [0.2, 0.25) is 0 Å². The zero-order valence-electron chi connectivity index (χ0n) is 8.36. The molecule has 0 radical (unpaired) electrons. The Bertz CT molecular complexity index is 342. The van der Waals surface area contributed by atoms with E-state index in [9.17, 15) is 0 Å². The maximum absolute atomic E-state index is 5.61. The third kappa shape index (κ3) is 2.76. The third-order valence-corrected chi connectivity index (χ3v) is 2.69. The van der Waals surface area contributed by atoms with Gasteiger partial charge in [-0.15, -0.1) is 0 Å². The Hall–Kier alpha value is -0.470. The number of rotatable bonds is 2. The predicted octanol–water partition coefficient (Wildman–Crippen LogP) is 0.751. The molecule has 1 aromatic rings. The fraction of sp³-hybridized carbons (Fsp3) is 0.556. The van der Waals surface area contributed by atoms with Gasteiger partial charge >= 0.3 is 6.01 Å². The molecule has 1 aromatic heterocycles. The minimum atomic E-state index is 0.00386. The van der Waals surface area contributed by atoms with Crippen LogP contribution in [0.5, 0.6) is 6.01 Å². The van der Waals surface area contributed by atoms with E-state index in [1.807, 2.05) is 6.07 Å². The quantitative estimate of drug-likeness (QED) is 0.644. The van der Waals surface area contributed by atoms with Gasteiger partial charge in [-0.3, -0.25) is 0 Å². The van der Waals surface area contributed by atoms with Crippen molar-refractivity contribution in [3.05, 3.63) is 15.5 Å². The van der Waals surface area contributed by atoms with E-state index in [0.29, 0.717) is 12.6 Å². The first kappa shape index (κ1) is 11.0. The minimum absolute atomic E-state index is 0.00386. The Morgan fingerprint density at radius 2 is 2.47 bits per heavy atom. The molecule has 15 heavy (non-hydrogen) atoms. The van der Waals surface area contributed by atoms with Crippen molar-refractivity contribution in [3.8, 4) is 6.01 Å². The molecule has 1 aliphatic rings. The van der Waals surface area contributed by atoms with E-state index in [1.54, 1.807) is 7.11 Å². The highest BCUT2D eigenvalue weighted by Gasteiger charge is 2.18. The fourth-order valence-electron chi connectivity index (χ4n) is 1.43. The molecule has 2 rings (SSSR count). The van der Waals surface area contributed by atoms with Gasteiger partial charge < -0.3 is 14.8 Å². The van der Waals surface area contributed by atoms with E-state index in [0.717, 1.165) is 22.5 Å². The second kappa shape index (κ2) is 5.04. The van der Waals surface area contributed by atoms with Crippen molar-refractivity contribution in [1.82, 2.24) is 15.3 Å². The number of hydrogen-bond donors (Lipinski definition) is 1. The van der Waals surface area contributed by atoms with E-state index in [-0.39, 0.29) is 6.10 Å². The average Bonchev–Trinajstić information content (AvgIpc) is 2.29. The lowest BCUT2D eigenvalue weighted by atomic mass is 10.2. The van der Waals surface area contributed by atoms with Gasteiger partial charge in [0.1, 0.15) is 9.80 Å². The Morgan fingerprint density at radius 3 is 3.13 bits per heavy atom. The molecular formula is C9H12IN3O2. The highest BCUT2D eigenvalue weighted by atomic mass is 127. The van der Waals surface area contributed by atoms with Crippen molar-refractivity contribution in [1.29, 1.82) is 0 Å². The lowest BCUT2D eigenvalue weighted by Gasteiger charge is -2.23. The largest absolute Gasteiger partial charge is 0.467 e. The summed E-state index contributed by atoms with van der Waals surface area (Å²) in [6.07, 6.45) is 0.00386. The van der Waals surface area contributed by atoms with Gasteiger partial charge in [-0.2, -0.15) is 9.97 Å². The number of methoxy groups -OCH3 is 1. The van der Waals surface area contributed by atoms with Crippen LogP contribution in [0, 0.1) is 3.70 Å². The molecule has 1 atom stereocenters. The van der Waals surface area contributed by atoms with Gasteiger partial charge in [-0.05, 0) is 28.7 Å². The molecule has 6 heteroatoms. The second-order valence-corrected chi connectivity index (χ2v) is 4.27. The summed E-state index contributed by atoms with van der Waals surface area (Å²) in [5.41, 5.74) is 0.874. The zero-order valence-corrected chi connectivity index (χ0v) is 10.5. The topological polar surface area (TPSA) is 56.3 Å². The van der Waals surface area contributed by atoms with Crippen LogP contribution >= 0.6 is 22.6 Å². The number of nitrogens with zero attached hydrogens (tertiary/aromatic N) is 2. The molecule has 0 saturated carbocycles. The molecule has 1 saturated heterocycles. The molecule has 0 amide bonds. The number of ether oxygens (including phenoxy) is 2. The molecule has 0 aliphatic carbocycles. The molecule has 82 valence electrons. The molecule has 2 heterocycles. The predicted molar refractivity (Wildman–Crippen MR) is 62.9 cm³/mol. The minimum Gasteiger partial charge on any atom is -0.467 e. The van der Waals surface area contributed by atoms with Crippen LogP contribution in [0.2, 0.25) is 0 Å². The summed E-state index contributed by atoms with van der Waals surface area (Å²) in [4.78, 5) is 8.40. The summed E-state index contributed by atoms with van der Waals surface area (Å²) in [6, 6.07) is 2.31. The zero-order chi connectivity index (χ0) is 10.7. The third-order valence-electron chi connectivity index (χ3n) is 2.13. The lowest BCUT2D eigenvalue weighted by Crippen LogP contribution is -2.33. The van der Waals surface area contributed by atoms with Crippen molar-refractivity contribution >= 4 is 22.6 Å². The van der Waals surface area contributed by atoms with Gasteiger partial charge in [0.05, 0.1) is 19.4 Å². The molecule has 1 aliphatic heterocycles. The first-order chi connectivity index (χ1) is 7.29. The molecular weight excluding hydrogens is 309 g/mol. The molecule has 1 fully saturated rings. The lowest BCUT2D eigenvalue weighted by molar-refractivity contribution is 0.0245. The summed E-state index contributed by atoms with van der Waals surface area (Å²) in [7, 11) is 1.56. The highest BCUT2D eigenvalue weighted by molar-refractivity contribution is 14.1. The Kier molecular flexibility index (Phi) is 3.71. The van der Waals surface area contributed by atoms with E-state index in [4.69, 9.17) is 9.47 Å². The fourth-order valence-corrected chi connectivity index (χ4v) is 1.95. The van der Waals surface area contributed by atoms with Gasteiger partial charge in [-0.25, -0.2) is 0 Å².